The van der Waals surface area contributed by atoms with Gasteiger partial charge in [0.1, 0.15) is 18.3 Å². The lowest BCUT2D eigenvalue weighted by molar-refractivity contribution is -0.224. The van der Waals surface area contributed by atoms with Gasteiger partial charge in [-0.15, -0.1) is 0 Å². The van der Waals surface area contributed by atoms with Gasteiger partial charge in [0.2, 0.25) is 0 Å². The van der Waals surface area contributed by atoms with E-state index in [0.717, 1.165) is 51.4 Å². The molecule has 0 spiro atoms. The Morgan fingerprint density at radius 3 is 2.13 bits per heavy atom. The van der Waals surface area contributed by atoms with Crippen LogP contribution in [0.25, 0.3) is 0 Å². The zero-order chi connectivity index (χ0) is 28.7. The van der Waals surface area contributed by atoms with Gasteiger partial charge in [0.15, 0.2) is 0 Å². The summed E-state index contributed by atoms with van der Waals surface area (Å²) in [4.78, 5) is 48.5. The van der Waals surface area contributed by atoms with Crippen LogP contribution in [-0.2, 0) is 38.1 Å². The van der Waals surface area contributed by atoms with Crippen molar-refractivity contribution in [2.45, 2.75) is 118 Å². The molecule has 0 bridgehead atoms. The van der Waals surface area contributed by atoms with Crippen LogP contribution >= 0.6 is 0 Å². The Morgan fingerprint density at radius 1 is 0.846 bits per heavy atom. The van der Waals surface area contributed by atoms with Crippen LogP contribution in [0.15, 0.2) is 0 Å². The van der Waals surface area contributed by atoms with Crippen LogP contribution in [0.3, 0.4) is 0 Å². The molecule has 4 aliphatic carbocycles. The predicted octanol–water partition coefficient (Wildman–Crippen LogP) is 5.25. The van der Waals surface area contributed by atoms with Crippen LogP contribution < -0.4 is 0 Å². The van der Waals surface area contributed by atoms with E-state index in [1.165, 1.54) is 27.9 Å². The number of methoxy groups -OCH3 is 1. The van der Waals surface area contributed by atoms with Gasteiger partial charge in [-0.05, 0) is 86.4 Å². The molecule has 8 nitrogen and oxygen atoms in total. The summed E-state index contributed by atoms with van der Waals surface area (Å²) in [6, 6.07) is 0. The van der Waals surface area contributed by atoms with Crippen LogP contribution in [0.5, 0.6) is 0 Å². The average Bonchev–Trinajstić information content (AvgIpc) is 3.20. The summed E-state index contributed by atoms with van der Waals surface area (Å²) >= 11 is 0. The summed E-state index contributed by atoms with van der Waals surface area (Å²) in [5, 5.41) is 0. The molecule has 39 heavy (non-hydrogen) atoms. The Morgan fingerprint density at radius 2 is 1.51 bits per heavy atom. The molecular formula is C31H48O8. The lowest BCUT2D eigenvalue weighted by atomic mass is 9.43. The molecule has 4 rings (SSSR count). The first-order valence-corrected chi connectivity index (χ1v) is 14.9. The predicted molar refractivity (Wildman–Crippen MR) is 143 cm³/mol. The zero-order valence-corrected chi connectivity index (χ0v) is 24.8. The fourth-order valence-corrected chi connectivity index (χ4v) is 9.77. The highest BCUT2D eigenvalue weighted by atomic mass is 16.6. The number of carbonyl (C=O) groups excluding carboxylic acids is 4. The Hall–Kier alpha value is -2.12. The highest BCUT2D eigenvalue weighted by molar-refractivity contribution is 5.69. The normalized spacial score (nSPS) is 41.7. The van der Waals surface area contributed by atoms with Crippen molar-refractivity contribution in [1.82, 2.24) is 0 Å². The highest BCUT2D eigenvalue weighted by Crippen LogP contribution is 2.69. The van der Waals surface area contributed by atoms with E-state index in [-0.39, 0.29) is 88.5 Å². The van der Waals surface area contributed by atoms with Gasteiger partial charge in [0.25, 0.3) is 0 Å². The Balaban J connectivity index is 1.70. The van der Waals surface area contributed by atoms with E-state index in [9.17, 15) is 19.2 Å². The molecule has 0 unspecified atom stereocenters. The first-order chi connectivity index (χ1) is 18.3. The van der Waals surface area contributed by atoms with E-state index in [2.05, 4.69) is 20.8 Å². The lowest BCUT2D eigenvalue weighted by Gasteiger charge is -2.64. The summed E-state index contributed by atoms with van der Waals surface area (Å²) in [5.41, 5.74) is -0.300. The molecule has 4 fully saturated rings. The average molecular weight is 549 g/mol. The summed E-state index contributed by atoms with van der Waals surface area (Å²) < 4.78 is 22.8. The lowest BCUT2D eigenvalue weighted by Crippen LogP contribution is -2.63. The van der Waals surface area contributed by atoms with Gasteiger partial charge in [0.05, 0.1) is 7.11 Å². The van der Waals surface area contributed by atoms with Gasteiger partial charge < -0.3 is 18.9 Å². The number of ether oxygens (including phenoxy) is 4. The van der Waals surface area contributed by atoms with Crippen molar-refractivity contribution in [2.24, 2.45) is 46.3 Å². The minimum absolute atomic E-state index is 0.0215. The van der Waals surface area contributed by atoms with Gasteiger partial charge in [-0.2, -0.15) is 0 Å². The van der Waals surface area contributed by atoms with Crippen molar-refractivity contribution in [3.63, 3.8) is 0 Å². The van der Waals surface area contributed by atoms with Crippen molar-refractivity contribution < 1.29 is 38.1 Å². The van der Waals surface area contributed by atoms with Crippen molar-refractivity contribution in [3.05, 3.63) is 0 Å². The van der Waals surface area contributed by atoms with Gasteiger partial charge in [0, 0.05) is 38.5 Å². The van der Waals surface area contributed by atoms with Crippen LogP contribution in [0.2, 0.25) is 0 Å². The Kier molecular flexibility index (Phi) is 8.73. The number of hydrogen-bond acceptors (Lipinski definition) is 8. The molecule has 0 amide bonds. The van der Waals surface area contributed by atoms with Crippen molar-refractivity contribution >= 4 is 23.9 Å². The van der Waals surface area contributed by atoms with E-state index >= 15 is 0 Å². The zero-order valence-electron chi connectivity index (χ0n) is 24.8. The standard InChI is InChI=1S/C31H48O8/c1-17(8-11-28(35)36-7)23-9-10-24-29-25(16-27(31(23,24)6)39-20(4)34)30(5)13-12-22(37-18(2)32)14-21(30)15-26(29)38-19(3)33/h17,21-27,29H,8-16H2,1-7H3/t17-,21-,22+,23+,24-,25-,26-,27-,29-,30+,31-/m1/s1. The molecule has 0 aromatic carbocycles. The second kappa shape index (κ2) is 11.4. The molecule has 11 atom stereocenters. The number of esters is 4. The van der Waals surface area contributed by atoms with Crippen molar-refractivity contribution in [3.8, 4) is 0 Å². The third-order valence-corrected chi connectivity index (χ3v) is 11.4. The number of hydrogen-bond donors (Lipinski definition) is 0. The second-order valence-electron chi connectivity index (χ2n) is 13.4. The van der Waals surface area contributed by atoms with Crippen LogP contribution in [-0.4, -0.2) is 49.3 Å². The molecule has 0 aromatic heterocycles. The molecule has 0 aliphatic heterocycles. The summed E-state index contributed by atoms with van der Waals surface area (Å²) in [6.07, 6.45) is 6.53. The van der Waals surface area contributed by atoms with E-state index < -0.39 is 0 Å². The van der Waals surface area contributed by atoms with E-state index in [1.54, 1.807) is 0 Å². The van der Waals surface area contributed by atoms with Gasteiger partial charge >= 0.3 is 23.9 Å². The SMILES string of the molecule is COC(=O)CC[C@@H](C)[C@@H]1CC[C@@H]2[C@@H]3[C@@H](C[C@@H](OC(C)=O)[C@@]21C)[C@@]1(C)CC[C@H](OC(C)=O)C[C@@H]1C[C@H]3OC(C)=O. The molecular weight excluding hydrogens is 500 g/mol. The van der Waals surface area contributed by atoms with Gasteiger partial charge in [-0.1, -0.05) is 20.8 Å². The monoisotopic (exact) mass is 548 g/mol. The smallest absolute Gasteiger partial charge is 0.305 e. The molecule has 0 saturated heterocycles. The molecule has 0 heterocycles. The third-order valence-electron chi connectivity index (χ3n) is 11.4. The maximum atomic E-state index is 12.5. The number of carbonyl (C=O) groups is 4. The molecule has 4 aliphatic rings. The Labute approximate surface area is 233 Å². The van der Waals surface area contributed by atoms with Crippen LogP contribution in [0, 0.1) is 46.3 Å². The Bertz CT molecular complexity index is 962. The quantitative estimate of drug-likeness (QED) is 0.314. The summed E-state index contributed by atoms with van der Waals surface area (Å²) in [5.74, 6) is 0.438. The molecule has 220 valence electrons. The van der Waals surface area contributed by atoms with Crippen LogP contribution in [0.4, 0.5) is 0 Å². The maximum absolute atomic E-state index is 12.5. The first-order valence-electron chi connectivity index (χ1n) is 14.9. The minimum atomic E-state index is -0.279. The summed E-state index contributed by atoms with van der Waals surface area (Å²) in [7, 11) is 1.42. The van der Waals surface area contributed by atoms with E-state index in [0.29, 0.717) is 6.42 Å². The third kappa shape index (κ3) is 5.58. The fourth-order valence-electron chi connectivity index (χ4n) is 9.77. The van der Waals surface area contributed by atoms with Gasteiger partial charge in [-0.3, -0.25) is 19.2 Å². The molecule has 4 saturated carbocycles. The number of fused-ring (bicyclic) bond motifs is 5. The van der Waals surface area contributed by atoms with Crippen molar-refractivity contribution in [2.75, 3.05) is 7.11 Å². The molecule has 0 aromatic rings. The fraction of sp³-hybridized carbons (Fsp3) is 0.871. The maximum Gasteiger partial charge on any atom is 0.305 e. The van der Waals surface area contributed by atoms with Crippen molar-refractivity contribution in [1.29, 1.82) is 0 Å². The molecule has 0 N–H and O–H groups in total. The highest BCUT2D eigenvalue weighted by Gasteiger charge is 2.67. The summed E-state index contributed by atoms with van der Waals surface area (Å²) in [6.45, 7) is 11.3. The largest absolute Gasteiger partial charge is 0.469 e. The van der Waals surface area contributed by atoms with E-state index in [4.69, 9.17) is 18.9 Å². The minimum Gasteiger partial charge on any atom is -0.469 e. The number of rotatable bonds is 7. The van der Waals surface area contributed by atoms with Gasteiger partial charge in [-0.25, -0.2) is 0 Å². The first kappa shape index (κ1) is 29.9. The molecule has 0 radical (unpaired) electrons. The van der Waals surface area contributed by atoms with Crippen LogP contribution in [0.1, 0.15) is 99.3 Å². The topological polar surface area (TPSA) is 105 Å². The van der Waals surface area contributed by atoms with E-state index in [1.807, 2.05) is 0 Å². The molecule has 8 heteroatoms. The second-order valence-corrected chi connectivity index (χ2v) is 13.4.